The van der Waals surface area contributed by atoms with E-state index in [1.807, 2.05) is 0 Å². The van der Waals surface area contributed by atoms with Gasteiger partial charge in [-0.3, -0.25) is 4.90 Å². The lowest BCUT2D eigenvalue weighted by Crippen LogP contribution is -2.49. The molecule has 0 radical (unpaired) electrons. The highest BCUT2D eigenvalue weighted by Gasteiger charge is 2.46. The minimum atomic E-state index is -4.41. The number of halogens is 7. The molecule has 0 amide bonds. The van der Waals surface area contributed by atoms with E-state index in [-0.39, 0.29) is 40.4 Å². The summed E-state index contributed by atoms with van der Waals surface area (Å²) < 4.78 is 40.1. The van der Waals surface area contributed by atoms with Crippen LogP contribution >= 0.6 is 48.0 Å². The number of piperazine rings is 1. The lowest BCUT2D eigenvalue weighted by Gasteiger charge is -2.36. The second-order valence-corrected chi connectivity index (χ2v) is 5.18. The van der Waals surface area contributed by atoms with Crippen molar-refractivity contribution in [2.45, 2.75) is 12.2 Å². The maximum atomic E-state index is 13.4. The van der Waals surface area contributed by atoms with Gasteiger partial charge in [0.1, 0.15) is 6.04 Å². The Kier molecular flexibility index (Phi) is 8.69. The van der Waals surface area contributed by atoms with Crippen LogP contribution in [0.4, 0.5) is 13.2 Å². The number of alkyl halides is 3. The number of hydrogen-bond acceptors (Lipinski definition) is 2. The van der Waals surface area contributed by atoms with E-state index in [2.05, 4.69) is 5.32 Å². The van der Waals surface area contributed by atoms with Gasteiger partial charge in [0.2, 0.25) is 0 Å². The number of nitrogens with one attached hydrogen (secondary N) is 1. The van der Waals surface area contributed by atoms with Crippen LogP contribution in [0, 0.1) is 0 Å². The lowest BCUT2D eigenvalue weighted by molar-refractivity contribution is -0.187. The summed E-state index contributed by atoms with van der Waals surface area (Å²) in [5, 5.41) is 3.13. The SMILES string of the molecule is Cl.Cl.FC(F)(F)[C@@H](c1c(Cl)cccc1Cl)N1CCNCC1. The number of benzene rings is 1. The first-order valence-corrected chi connectivity index (χ1v) is 6.62. The maximum absolute atomic E-state index is 13.4. The van der Waals surface area contributed by atoms with E-state index in [4.69, 9.17) is 23.2 Å². The Bertz CT molecular complexity index is 430. The van der Waals surface area contributed by atoms with Crippen LogP contribution in [0.1, 0.15) is 11.6 Å². The third-order valence-electron chi connectivity index (χ3n) is 3.10. The quantitative estimate of drug-likeness (QED) is 0.814. The van der Waals surface area contributed by atoms with Crippen molar-refractivity contribution in [2.24, 2.45) is 0 Å². The van der Waals surface area contributed by atoms with Crippen molar-refractivity contribution < 1.29 is 13.2 Å². The smallest absolute Gasteiger partial charge is 0.314 e. The van der Waals surface area contributed by atoms with E-state index in [1.165, 1.54) is 17.0 Å². The zero-order chi connectivity index (χ0) is 14.0. The van der Waals surface area contributed by atoms with Gasteiger partial charge in [-0.05, 0) is 12.1 Å². The Morgan fingerprint density at radius 3 is 1.95 bits per heavy atom. The summed E-state index contributed by atoms with van der Waals surface area (Å²) in [4.78, 5) is 1.36. The molecule has 2 rings (SSSR count). The minimum absolute atomic E-state index is 0. The topological polar surface area (TPSA) is 15.3 Å². The molecule has 9 heteroatoms. The maximum Gasteiger partial charge on any atom is 0.408 e. The molecular formula is C12H15Cl4F3N2. The van der Waals surface area contributed by atoms with Crippen LogP contribution in [-0.2, 0) is 0 Å². The molecule has 122 valence electrons. The van der Waals surface area contributed by atoms with E-state index < -0.39 is 12.2 Å². The van der Waals surface area contributed by atoms with E-state index in [0.717, 1.165) is 0 Å². The molecule has 0 bridgehead atoms. The van der Waals surface area contributed by atoms with Crippen LogP contribution in [-0.4, -0.2) is 37.3 Å². The third kappa shape index (κ3) is 5.05. The van der Waals surface area contributed by atoms with Crippen LogP contribution < -0.4 is 5.32 Å². The van der Waals surface area contributed by atoms with Gasteiger partial charge in [0.05, 0.1) is 0 Å². The molecule has 1 aliphatic rings. The summed E-state index contributed by atoms with van der Waals surface area (Å²) >= 11 is 11.8. The summed E-state index contributed by atoms with van der Waals surface area (Å²) in [6.45, 7) is 1.67. The van der Waals surface area contributed by atoms with E-state index in [0.29, 0.717) is 26.2 Å². The highest BCUT2D eigenvalue weighted by atomic mass is 35.5. The highest BCUT2D eigenvalue weighted by molar-refractivity contribution is 6.36. The molecule has 1 saturated heterocycles. The largest absolute Gasteiger partial charge is 0.408 e. The summed E-state index contributed by atoms with van der Waals surface area (Å²) in [5.41, 5.74) is -0.0553. The van der Waals surface area contributed by atoms with Gasteiger partial charge in [-0.1, -0.05) is 29.3 Å². The first kappa shape index (κ1) is 21.1. The summed E-state index contributed by atoms with van der Waals surface area (Å²) in [6, 6.07) is 2.66. The molecule has 2 nitrogen and oxygen atoms in total. The lowest BCUT2D eigenvalue weighted by atomic mass is 10.0. The third-order valence-corrected chi connectivity index (χ3v) is 3.76. The molecule has 1 aliphatic heterocycles. The van der Waals surface area contributed by atoms with Gasteiger partial charge < -0.3 is 5.32 Å². The fourth-order valence-electron chi connectivity index (χ4n) is 2.27. The molecular weight excluding hydrogens is 371 g/mol. The predicted octanol–water partition coefficient (Wildman–Crippen LogP) is 4.35. The molecule has 0 aromatic heterocycles. The fraction of sp³-hybridized carbons (Fsp3) is 0.500. The number of nitrogens with zero attached hydrogens (tertiary/aromatic N) is 1. The van der Waals surface area contributed by atoms with Crippen molar-refractivity contribution in [1.29, 1.82) is 0 Å². The van der Waals surface area contributed by atoms with Gasteiger partial charge in [0.15, 0.2) is 0 Å². The van der Waals surface area contributed by atoms with Gasteiger partial charge in [-0.25, -0.2) is 0 Å². The average Bonchev–Trinajstić information content (AvgIpc) is 2.33. The Labute approximate surface area is 143 Å². The second kappa shape index (κ2) is 8.65. The molecule has 0 aliphatic carbocycles. The van der Waals surface area contributed by atoms with Gasteiger partial charge in [0, 0.05) is 41.8 Å². The molecule has 1 aromatic carbocycles. The Hall–Kier alpha value is 0.0900. The van der Waals surface area contributed by atoms with Crippen LogP contribution in [0.2, 0.25) is 10.0 Å². The second-order valence-electron chi connectivity index (χ2n) is 4.37. The minimum Gasteiger partial charge on any atom is -0.314 e. The normalized spacial score (nSPS) is 17.6. The predicted molar refractivity (Wildman–Crippen MR) is 84.2 cm³/mol. The highest BCUT2D eigenvalue weighted by Crippen LogP contribution is 2.43. The van der Waals surface area contributed by atoms with Crippen LogP contribution in [0.3, 0.4) is 0 Å². The molecule has 1 aromatic rings. The Morgan fingerprint density at radius 1 is 1.05 bits per heavy atom. The standard InChI is InChI=1S/C12H13Cl2F3N2.2ClH/c13-8-2-1-3-9(14)10(8)11(12(15,16)17)19-6-4-18-5-7-19;;/h1-3,11,18H,4-7H2;2*1H/t11-;;/m1../s1. The van der Waals surface area contributed by atoms with Crippen molar-refractivity contribution in [2.75, 3.05) is 26.2 Å². The molecule has 1 N–H and O–H groups in total. The molecule has 0 unspecified atom stereocenters. The Morgan fingerprint density at radius 2 is 1.52 bits per heavy atom. The molecule has 1 heterocycles. The zero-order valence-electron chi connectivity index (χ0n) is 10.8. The van der Waals surface area contributed by atoms with E-state index in [1.54, 1.807) is 6.07 Å². The summed E-state index contributed by atoms with van der Waals surface area (Å²) in [6.07, 6.45) is -4.41. The van der Waals surface area contributed by atoms with Crippen molar-refractivity contribution >= 4 is 48.0 Å². The van der Waals surface area contributed by atoms with E-state index >= 15 is 0 Å². The first-order chi connectivity index (χ1) is 8.91. The van der Waals surface area contributed by atoms with Crippen molar-refractivity contribution in [3.63, 3.8) is 0 Å². The van der Waals surface area contributed by atoms with Gasteiger partial charge >= 0.3 is 6.18 Å². The average molecular weight is 386 g/mol. The summed E-state index contributed by atoms with van der Waals surface area (Å²) in [5.74, 6) is 0. The molecule has 21 heavy (non-hydrogen) atoms. The molecule has 1 atom stereocenters. The van der Waals surface area contributed by atoms with Crippen molar-refractivity contribution in [3.05, 3.63) is 33.8 Å². The molecule has 0 spiro atoms. The number of hydrogen-bond donors (Lipinski definition) is 1. The fourth-order valence-corrected chi connectivity index (χ4v) is 2.87. The van der Waals surface area contributed by atoms with Crippen LogP contribution in [0.25, 0.3) is 0 Å². The molecule has 1 fully saturated rings. The van der Waals surface area contributed by atoms with Gasteiger partial charge in [0.25, 0.3) is 0 Å². The number of rotatable bonds is 2. The summed E-state index contributed by atoms with van der Waals surface area (Å²) in [7, 11) is 0. The molecule has 0 saturated carbocycles. The zero-order valence-corrected chi connectivity index (χ0v) is 13.9. The van der Waals surface area contributed by atoms with E-state index in [9.17, 15) is 13.2 Å². The first-order valence-electron chi connectivity index (χ1n) is 5.86. The van der Waals surface area contributed by atoms with Gasteiger partial charge in [-0.2, -0.15) is 13.2 Å². The van der Waals surface area contributed by atoms with Crippen molar-refractivity contribution in [3.8, 4) is 0 Å². The van der Waals surface area contributed by atoms with Crippen LogP contribution in [0.15, 0.2) is 18.2 Å². The van der Waals surface area contributed by atoms with Crippen molar-refractivity contribution in [1.82, 2.24) is 10.2 Å². The monoisotopic (exact) mass is 384 g/mol. The Balaban J connectivity index is 0.00000200. The van der Waals surface area contributed by atoms with Crippen LogP contribution in [0.5, 0.6) is 0 Å². The van der Waals surface area contributed by atoms with Gasteiger partial charge in [-0.15, -0.1) is 24.8 Å².